The fourth-order valence-corrected chi connectivity index (χ4v) is 11.6. The third-order valence-electron chi connectivity index (χ3n) is 8.30. The van der Waals surface area contributed by atoms with Gasteiger partial charge in [-0.1, -0.05) is 104 Å². The Labute approximate surface area is 233 Å². The van der Waals surface area contributed by atoms with E-state index in [0.717, 1.165) is 16.7 Å². The maximum Gasteiger partial charge on any atom is 0.232 e. The minimum atomic E-state index is -1.75. The van der Waals surface area contributed by atoms with Gasteiger partial charge in [0.05, 0.1) is 36.2 Å². The van der Waals surface area contributed by atoms with E-state index < -0.39 is 30.2 Å². The molecule has 4 nitrogen and oxygen atoms in total. The number of aliphatic hydroxyl groups is 1. The minimum absolute atomic E-state index is 0.0288. The van der Waals surface area contributed by atoms with Gasteiger partial charge in [-0.3, -0.25) is 4.79 Å². The van der Waals surface area contributed by atoms with Crippen LogP contribution in [0.1, 0.15) is 44.4 Å². The number of benzene rings is 3. The second kappa shape index (κ2) is 9.98. The number of nitrogens with zero attached hydrogens (tertiary/aromatic N) is 1. The van der Waals surface area contributed by atoms with Gasteiger partial charge in [0.15, 0.2) is 0 Å². The Morgan fingerprint density at radius 3 is 1.58 bits per heavy atom. The van der Waals surface area contributed by atoms with Gasteiger partial charge in [-0.25, -0.2) is 0 Å². The summed E-state index contributed by atoms with van der Waals surface area (Å²) in [6, 6.07) is 31.8. The summed E-state index contributed by atoms with van der Waals surface area (Å²) in [5.41, 5.74) is 3.06. The van der Waals surface area contributed by atoms with E-state index in [4.69, 9.17) is 4.74 Å². The number of amides is 1. The number of β-lactam (4-membered cyclic amide) rings is 1. The normalized spacial score (nSPS) is 26.3. The summed E-state index contributed by atoms with van der Waals surface area (Å²) in [6.45, 7) is 12.7. The van der Waals surface area contributed by atoms with Gasteiger partial charge in [-0.2, -0.15) is 0 Å². The first-order valence-corrected chi connectivity index (χ1v) is 17.3. The molecule has 0 spiro atoms. The Morgan fingerprint density at radius 1 is 0.868 bits per heavy atom. The van der Waals surface area contributed by atoms with E-state index in [1.807, 2.05) is 41.8 Å². The van der Waals surface area contributed by atoms with Crippen molar-refractivity contribution < 1.29 is 14.6 Å². The number of rotatable bonds is 8. The van der Waals surface area contributed by atoms with Gasteiger partial charge >= 0.3 is 0 Å². The lowest BCUT2D eigenvalue weighted by molar-refractivity contribution is -0.164. The lowest BCUT2D eigenvalue weighted by Gasteiger charge is -2.64. The first-order valence-electron chi connectivity index (χ1n) is 13.6. The average molecular weight is 546 g/mol. The lowest BCUT2D eigenvalue weighted by Crippen LogP contribution is -2.76. The fraction of sp³-hybridized carbons (Fsp3) is 0.406. The molecule has 2 aliphatic heterocycles. The molecule has 6 heteroatoms. The Hall–Kier alpha value is -2.38. The topological polar surface area (TPSA) is 53.1 Å². The van der Waals surface area contributed by atoms with E-state index in [0.29, 0.717) is 0 Å². The number of likely N-dealkylation sites (tertiary alicyclic amines) is 1. The highest BCUT2D eigenvalue weighted by Crippen LogP contribution is 2.65. The van der Waals surface area contributed by atoms with Crippen LogP contribution in [0.5, 0.6) is 0 Å². The zero-order valence-corrected chi connectivity index (χ0v) is 25.1. The molecule has 0 aromatic heterocycles. The second-order valence-corrected chi connectivity index (χ2v) is 16.5. The molecule has 5 atom stereocenters. The molecule has 1 amide bonds. The Bertz CT molecular complexity index is 1170. The molecule has 38 heavy (non-hydrogen) atoms. The van der Waals surface area contributed by atoms with Crippen LogP contribution >= 0.6 is 11.8 Å². The summed E-state index contributed by atoms with van der Waals surface area (Å²) in [5.74, 6) is 0.0717. The summed E-state index contributed by atoms with van der Waals surface area (Å²) in [7, 11) is -1.75. The number of aliphatic hydroxyl groups excluding tert-OH is 1. The van der Waals surface area contributed by atoms with Crippen molar-refractivity contribution in [3.63, 3.8) is 0 Å². The van der Waals surface area contributed by atoms with Crippen molar-refractivity contribution in [1.29, 1.82) is 0 Å². The second-order valence-electron chi connectivity index (χ2n) is 11.9. The molecule has 2 saturated heterocycles. The van der Waals surface area contributed by atoms with E-state index in [-0.39, 0.29) is 23.5 Å². The molecule has 2 fully saturated rings. The van der Waals surface area contributed by atoms with Crippen molar-refractivity contribution in [2.24, 2.45) is 0 Å². The van der Waals surface area contributed by atoms with Crippen LogP contribution in [0.25, 0.3) is 0 Å². The molecule has 1 N–H and O–H groups in total. The summed E-state index contributed by atoms with van der Waals surface area (Å²) < 4.78 is 5.21. The molecule has 3 aromatic rings. The molecule has 5 rings (SSSR count). The van der Waals surface area contributed by atoms with Gasteiger partial charge in [-0.15, -0.1) is 11.8 Å². The summed E-state index contributed by atoms with van der Waals surface area (Å²) in [6.07, 6.45) is -1.15. The quantitative estimate of drug-likeness (QED) is 0.162. The van der Waals surface area contributed by atoms with Crippen LogP contribution in [-0.4, -0.2) is 53.9 Å². The van der Waals surface area contributed by atoms with Crippen molar-refractivity contribution >= 4 is 26.5 Å². The minimum Gasteiger partial charge on any atom is -0.389 e. The third kappa shape index (κ3) is 4.17. The zero-order valence-electron chi connectivity index (χ0n) is 23.2. The van der Waals surface area contributed by atoms with Crippen LogP contribution in [0.4, 0.5) is 0 Å². The summed E-state index contributed by atoms with van der Waals surface area (Å²) in [4.78, 5) is 16.3. The smallest absolute Gasteiger partial charge is 0.232 e. The van der Waals surface area contributed by atoms with Gasteiger partial charge in [0, 0.05) is 5.54 Å². The number of carbonyl (C=O) groups excluding carboxylic acids is 1. The predicted octanol–water partition coefficient (Wildman–Crippen LogP) is 6.05. The van der Waals surface area contributed by atoms with Crippen LogP contribution in [0.2, 0.25) is 18.1 Å². The van der Waals surface area contributed by atoms with Gasteiger partial charge < -0.3 is 14.7 Å². The molecule has 3 aromatic carbocycles. The number of thioether (sulfide) groups is 1. The Morgan fingerprint density at radius 2 is 1.26 bits per heavy atom. The Balaban J connectivity index is 1.77. The van der Waals surface area contributed by atoms with Crippen LogP contribution in [-0.2, 0) is 14.3 Å². The van der Waals surface area contributed by atoms with E-state index >= 15 is 0 Å². The fourth-order valence-electron chi connectivity index (χ4n) is 6.22. The van der Waals surface area contributed by atoms with Crippen LogP contribution < -0.4 is 0 Å². The highest BCUT2D eigenvalue weighted by molar-refractivity contribution is 8.01. The number of carbonyl (C=O) groups is 1. The van der Waals surface area contributed by atoms with Gasteiger partial charge in [-0.05, 0) is 44.4 Å². The van der Waals surface area contributed by atoms with Crippen LogP contribution in [0, 0.1) is 0 Å². The molecular formula is C32H39NO3SSi. The maximum absolute atomic E-state index is 14.3. The van der Waals surface area contributed by atoms with Crippen LogP contribution in [0.15, 0.2) is 91.0 Å². The average Bonchev–Trinajstić information content (AvgIpc) is 3.63. The van der Waals surface area contributed by atoms with Crippen LogP contribution in [0.3, 0.4) is 0 Å². The highest BCUT2D eigenvalue weighted by Gasteiger charge is 2.72. The van der Waals surface area contributed by atoms with Crippen molar-refractivity contribution in [3.05, 3.63) is 108 Å². The van der Waals surface area contributed by atoms with Crippen molar-refractivity contribution in [3.8, 4) is 0 Å². The number of hydrogen-bond donors (Lipinski definition) is 1. The molecule has 200 valence electrons. The third-order valence-corrected chi connectivity index (χ3v) is 13.2. The standard InChI is InChI=1S/C32H39NO3SSi/c1-22-26(36-22)27(34)32(38(5)6)28(35)33(30(2,3)4)29(32)37-31(23-16-10-7-11-17-23,24-18-12-8-13-19-24)25-20-14-9-15-21-25/h7-22,26-27,29,34,38H,1-6H3. The largest absolute Gasteiger partial charge is 0.389 e. The molecule has 5 unspecified atom stereocenters. The molecule has 0 aliphatic carbocycles. The maximum atomic E-state index is 14.3. The van der Waals surface area contributed by atoms with Crippen molar-refractivity contribution in [2.75, 3.05) is 0 Å². The SMILES string of the molecule is CC1OC1C(O)C1([SiH](C)C)C(=O)N(C(C)(C)C)C1SC(c1ccccc1)(c1ccccc1)c1ccccc1. The Kier molecular flexibility index (Phi) is 7.14. The first-order chi connectivity index (χ1) is 18.1. The van der Waals surface area contributed by atoms with Gasteiger partial charge in [0.1, 0.15) is 6.10 Å². The van der Waals surface area contributed by atoms with Crippen molar-refractivity contribution in [1.82, 2.24) is 4.90 Å². The lowest BCUT2D eigenvalue weighted by atomic mass is 9.83. The zero-order chi connectivity index (χ0) is 27.3. The molecule has 2 aliphatic rings. The molecule has 0 radical (unpaired) electrons. The number of ether oxygens (including phenoxy) is 1. The monoisotopic (exact) mass is 545 g/mol. The van der Waals surface area contributed by atoms with Gasteiger partial charge in [0.25, 0.3) is 0 Å². The first kappa shape index (κ1) is 27.2. The number of hydrogen-bond acceptors (Lipinski definition) is 4. The number of epoxide rings is 1. The highest BCUT2D eigenvalue weighted by atomic mass is 32.2. The van der Waals surface area contributed by atoms with E-state index in [1.165, 1.54) is 0 Å². The molecular weight excluding hydrogens is 507 g/mol. The van der Waals surface area contributed by atoms with Gasteiger partial charge in [0.2, 0.25) is 5.91 Å². The van der Waals surface area contributed by atoms with E-state index in [2.05, 4.69) is 107 Å². The summed E-state index contributed by atoms with van der Waals surface area (Å²) >= 11 is 1.81. The van der Waals surface area contributed by atoms with Crippen molar-refractivity contribution in [2.45, 2.75) is 79.8 Å². The summed E-state index contributed by atoms with van der Waals surface area (Å²) in [5, 5.41) is 10.8. The van der Waals surface area contributed by atoms with E-state index in [1.54, 1.807) is 0 Å². The molecule has 0 bridgehead atoms. The molecule has 2 heterocycles. The molecule has 0 saturated carbocycles. The van der Waals surface area contributed by atoms with E-state index in [9.17, 15) is 9.90 Å². The predicted molar refractivity (Wildman–Crippen MR) is 159 cm³/mol.